The number of rotatable bonds is 57. The van der Waals surface area contributed by atoms with Gasteiger partial charge in [-0.1, -0.05) is 128 Å². The van der Waals surface area contributed by atoms with Crippen molar-refractivity contribution in [3.63, 3.8) is 0 Å². The zero-order valence-corrected chi connectivity index (χ0v) is 81.4. The molecule has 0 aliphatic carbocycles. The number of aliphatic carboxylic acids is 1. The number of likely N-dealkylation sites (tertiary alicyclic amines) is 2. The number of imidazole rings is 2. The fourth-order valence-electron chi connectivity index (χ4n) is 16.0. The number of benzene rings is 1. The molecular formula is C92H144N24O22. The third-order valence-corrected chi connectivity index (χ3v) is 24.1. The van der Waals surface area contributed by atoms with Crippen LogP contribution in [0.25, 0.3) is 10.9 Å². The molecule has 18 atom stereocenters. The molecule has 2 aliphatic rings. The van der Waals surface area contributed by atoms with Crippen LogP contribution in [0.1, 0.15) is 198 Å². The Labute approximate surface area is 802 Å². The number of amides is 18. The Morgan fingerprint density at radius 2 is 0.855 bits per heavy atom. The van der Waals surface area contributed by atoms with Crippen LogP contribution in [0.2, 0.25) is 0 Å². The summed E-state index contributed by atoms with van der Waals surface area (Å²) in [4.78, 5) is 286. The summed E-state index contributed by atoms with van der Waals surface area (Å²) in [7, 11) is 0. The minimum Gasteiger partial charge on any atom is -0.480 e. The highest BCUT2D eigenvalue weighted by molar-refractivity contribution is 6.02. The molecule has 3 aromatic heterocycles. The number of nitrogens with zero attached hydrogens (tertiary/aromatic N) is 4. The maximum Gasteiger partial charge on any atom is 0.326 e. The van der Waals surface area contributed by atoms with Crippen LogP contribution < -0.4 is 91.2 Å². The van der Waals surface area contributed by atoms with Crippen molar-refractivity contribution in [3.8, 4) is 0 Å². The highest BCUT2D eigenvalue weighted by atomic mass is 16.4. The van der Waals surface area contributed by atoms with E-state index in [1.165, 1.54) is 41.8 Å². The standard InChI is InChI=1S/C92H144N24O22/c1-16-51(13)75(88(133)99-40-72(120)98-41-73(121)112-74(50(11)12)92(137)138)113-85(130)68(43-118)111-86(131)69-24-20-28-115(69)91(136)67(33-49(9)10)110-83(128)63(34-54-37-97-59-23-19-18-22-57(54)59)104-77(122)53(15)102-80(125)64(35-55-38-95-44-100-55)106-84(129)65(36-56-39-96-45-101-56)107-82(127)62(31-47(5)6)108-89(134)76(52(14)17-2)114-87(132)70-25-21-29-116(70)90(135)66(32-48(7)8)109-79(124)60(26-27-71(94)119)103-81(126)61(30-46(3)4)105-78(123)58(93)42-117/h18-19,22-23,37-39,44-53,58,60-70,74-76,97,117-118H,16-17,20-21,24-36,40-43,93H2,1-15H3,(H2,94,119)(H,95,100)(H,96,101)(H,98,120)(H,99,133)(H,102,125)(H,103,126)(H,104,122)(H,105,123)(H,106,129)(H,107,127)(H,108,134)(H,109,124)(H,110,128)(H,111,131)(H,112,121)(H,113,130)(H,114,132)(H,137,138)/t51-,52-,53-,58-,60-,61-,62-,63-,64-,65-,66-,67-,68?,69-,70-,74-,75-,76-/m0/s1. The summed E-state index contributed by atoms with van der Waals surface area (Å²) in [5.41, 5.74) is 13.1. The largest absolute Gasteiger partial charge is 0.480 e. The highest BCUT2D eigenvalue weighted by Crippen LogP contribution is 2.26. The van der Waals surface area contributed by atoms with Gasteiger partial charge in [0.05, 0.1) is 39.0 Å². The maximum atomic E-state index is 15.1. The fraction of sp³-hybridized carbons (Fsp3) is 0.641. The van der Waals surface area contributed by atoms with E-state index in [-0.39, 0.29) is 114 Å². The van der Waals surface area contributed by atoms with Gasteiger partial charge >= 0.3 is 5.97 Å². The number of aliphatic hydroxyl groups excluding tert-OH is 2. The summed E-state index contributed by atoms with van der Waals surface area (Å²) in [5.74, 6) is -19.0. The molecule has 764 valence electrons. The number of aliphatic hydroxyl groups is 2. The van der Waals surface area contributed by atoms with Crippen molar-refractivity contribution in [2.24, 2.45) is 52.9 Å². The van der Waals surface area contributed by atoms with Crippen molar-refractivity contribution in [1.82, 2.24) is 114 Å². The number of nitrogens with one attached hydrogen (secondary N) is 18. The summed E-state index contributed by atoms with van der Waals surface area (Å²) < 4.78 is 0. The van der Waals surface area contributed by atoms with E-state index in [0.29, 0.717) is 47.1 Å². The summed E-state index contributed by atoms with van der Waals surface area (Å²) in [6, 6.07) is -15.1. The second-order valence-corrected chi connectivity index (χ2v) is 37.6. The quantitative estimate of drug-likeness (QED) is 0.0207. The van der Waals surface area contributed by atoms with E-state index in [4.69, 9.17) is 11.5 Å². The molecule has 25 N–H and O–H groups in total. The number of carboxylic acid groups (broad SMARTS) is 1. The minimum atomic E-state index is -1.68. The average Bonchev–Trinajstić information content (AvgIpc) is 1.64. The Hall–Kier alpha value is -13.0. The predicted octanol–water partition coefficient (Wildman–Crippen LogP) is -3.23. The lowest BCUT2D eigenvalue weighted by molar-refractivity contribution is -0.143. The van der Waals surface area contributed by atoms with Gasteiger partial charge in [0.2, 0.25) is 106 Å². The van der Waals surface area contributed by atoms with E-state index in [0.717, 1.165) is 0 Å². The summed E-state index contributed by atoms with van der Waals surface area (Å²) in [5, 5.41) is 69.4. The number of carbonyl (C=O) groups is 19. The molecule has 0 saturated carbocycles. The predicted molar refractivity (Wildman–Crippen MR) is 503 cm³/mol. The molecule has 18 amide bonds. The number of aromatic nitrogens is 5. The van der Waals surface area contributed by atoms with E-state index in [2.05, 4.69) is 105 Å². The first-order valence-electron chi connectivity index (χ1n) is 47.3. The smallest absolute Gasteiger partial charge is 0.326 e. The van der Waals surface area contributed by atoms with Crippen LogP contribution >= 0.6 is 0 Å². The first-order chi connectivity index (χ1) is 65.2. The van der Waals surface area contributed by atoms with Gasteiger partial charge in [-0.2, -0.15) is 0 Å². The first kappa shape index (κ1) is 114. The number of hydrogen-bond acceptors (Lipinski definition) is 24. The molecule has 0 radical (unpaired) electrons. The Balaban J connectivity index is 1.18. The van der Waals surface area contributed by atoms with Gasteiger partial charge < -0.3 is 131 Å². The SMILES string of the molecule is CC[C@H](C)[C@H](NC(=O)C(CO)NC(=O)[C@@H]1CCCN1C(=O)[C@H](CC(C)C)NC(=O)[C@H](Cc1c[nH]c2ccccc12)NC(=O)[C@H](C)NC(=O)[C@H](Cc1cnc[nH]1)NC(=O)[C@H](Cc1cnc[nH]1)NC(=O)[C@H](CC(C)C)NC(=O)[C@@H](NC(=O)[C@@H]1CCCN1C(=O)[C@H](CC(C)C)NC(=O)[C@H](CCC(N)=O)NC(=O)[C@H](CC(C)C)NC(=O)[C@@H](N)CO)[C@@H](C)CC)C(=O)NCC(=O)NCC(=O)N[C@H](C(=O)O)C(C)C. The Kier molecular flexibility index (Phi) is 45.7. The van der Waals surface area contributed by atoms with E-state index in [1.807, 2.05) is 0 Å². The van der Waals surface area contributed by atoms with Crippen molar-refractivity contribution >= 4 is 123 Å². The monoisotopic (exact) mass is 1940 g/mol. The number of nitrogens with two attached hydrogens (primary N) is 2. The molecule has 46 heteroatoms. The molecule has 2 aliphatic heterocycles. The van der Waals surface area contributed by atoms with Gasteiger partial charge in [-0.25, -0.2) is 14.8 Å². The lowest BCUT2D eigenvalue weighted by Crippen LogP contribution is -2.62. The first-order valence-corrected chi connectivity index (χ1v) is 47.3. The van der Waals surface area contributed by atoms with Gasteiger partial charge in [-0.15, -0.1) is 0 Å². The van der Waals surface area contributed by atoms with Crippen molar-refractivity contribution < 1.29 is 106 Å². The van der Waals surface area contributed by atoms with Crippen LogP contribution in [0.15, 0.2) is 55.5 Å². The number of carbonyl (C=O) groups excluding carboxylic acids is 18. The van der Waals surface area contributed by atoms with Gasteiger partial charge in [0.15, 0.2) is 0 Å². The normalized spacial score (nSPS) is 17.2. The summed E-state index contributed by atoms with van der Waals surface area (Å²) in [6.07, 6.45) is 7.17. The molecule has 0 spiro atoms. The van der Waals surface area contributed by atoms with Crippen LogP contribution in [0, 0.1) is 41.4 Å². The molecule has 4 aromatic rings. The number of primary amides is 1. The molecule has 1 aromatic carbocycles. The molecule has 0 bridgehead atoms. The molecule has 6 rings (SSSR count). The number of H-pyrrole nitrogens is 3. The lowest BCUT2D eigenvalue weighted by Gasteiger charge is -2.32. The van der Waals surface area contributed by atoms with Gasteiger partial charge in [-0.05, 0) is 118 Å². The zero-order valence-electron chi connectivity index (χ0n) is 81.4. The van der Waals surface area contributed by atoms with Crippen LogP contribution in [-0.4, -0.2) is 298 Å². The molecular weight excluding hydrogens is 1790 g/mol. The van der Waals surface area contributed by atoms with E-state index in [1.54, 1.807) is 127 Å². The van der Waals surface area contributed by atoms with Crippen molar-refractivity contribution in [3.05, 3.63) is 72.5 Å². The van der Waals surface area contributed by atoms with Crippen LogP contribution in [0.5, 0.6) is 0 Å². The second kappa shape index (κ2) is 55.4. The van der Waals surface area contributed by atoms with Crippen LogP contribution in [-0.2, 0) is 110 Å². The van der Waals surface area contributed by atoms with Gasteiger partial charge in [0, 0.05) is 79.7 Å². The molecule has 46 nitrogen and oxygen atoms in total. The summed E-state index contributed by atoms with van der Waals surface area (Å²) >= 11 is 0. The number of hydrogen-bond donors (Lipinski definition) is 23. The lowest BCUT2D eigenvalue weighted by atomic mass is 9.96. The topological polar surface area (TPSA) is 697 Å². The van der Waals surface area contributed by atoms with E-state index < -0.39 is 253 Å². The second-order valence-electron chi connectivity index (χ2n) is 37.6. The van der Waals surface area contributed by atoms with Crippen molar-refractivity contribution in [2.45, 2.75) is 297 Å². The molecule has 1 unspecified atom stereocenters. The number of carboxylic acids is 1. The van der Waals surface area contributed by atoms with Crippen LogP contribution in [0.3, 0.4) is 0 Å². The minimum absolute atomic E-state index is 0.00224. The molecule has 2 fully saturated rings. The van der Waals surface area contributed by atoms with Gasteiger partial charge in [0.1, 0.15) is 96.7 Å². The highest BCUT2D eigenvalue weighted by Gasteiger charge is 2.45. The van der Waals surface area contributed by atoms with Crippen molar-refractivity contribution in [2.75, 3.05) is 39.4 Å². The zero-order chi connectivity index (χ0) is 103. The third kappa shape index (κ3) is 35.2. The number of fused-ring (bicyclic) bond motifs is 1. The van der Waals surface area contributed by atoms with Crippen molar-refractivity contribution in [1.29, 1.82) is 0 Å². The molecule has 5 heterocycles. The Bertz CT molecular complexity index is 4810. The van der Waals surface area contributed by atoms with Gasteiger partial charge in [0.25, 0.3) is 0 Å². The van der Waals surface area contributed by atoms with Crippen LogP contribution in [0.4, 0.5) is 0 Å². The third-order valence-electron chi connectivity index (χ3n) is 24.1. The fourth-order valence-corrected chi connectivity index (χ4v) is 16.0. The van der Waals surface area contributed by atoms with E-state index >= 15 is 19.2 Å². The average molecular weight is 1940 g/mol. The number of aromatic amines is 3. The Morgan fingerprint density at radius 1 is 0.435 bits per heavy atom. The molecule has 138 heavy (non-hydrogen) atoms. The number of para-hydroxylation sites is 1. The molecule has 2 saturated heterocycles. The Morgan fingerprint density at radius 3 is 1.32 bits per heavy atom. The van der Waals surface area contributed by atoms with E-state index in [9.17, 15) is 87.2 Å². The van der Waals surface area contributed by atoms with Gasteiger partial charge in [-0.3, -0.25) is 86.3 Å². The maximum absolute atomic E-state index is 15.1. The summed E-state index contributed by atoms with van der Waals surface area (Å²) in [6.45, 7) is 22.7.